The first kappa shape index (κ1) is 12.6. The minimum Gasteiger partial charge on any atom is -0.481 e. The third-order valence-electron chi connectivity index (χ3n) is 1.85. The summed E-state index contributed by atoms with van der Waals surface area (Å²) in [5.41, 5.74) is 0.782. The fourth-order valence-electron chi connectivity index (χ4n) is 1.17. The van der Waals surface area contributed by atoms with Crippen molar-refractivity contribution in [2.45, 2.75) is 12.8 Å². The Kier molecular flexibility index (Phi) is 4.87. The van der Waals surface area contributed by atoms with Crippen molar-refractivity contribution in [2.24, 2.45) is 0 Å². The molecule has 0 aliphatic carbocycles. The molecule has 0 aliphatic rings. The van der Waals surface area contributed by atoms with Crippen LogP contribution in [0.25, 0.3) is 0 Å². The Balaban J connectivity index is 2.91. The van der Waals surface area contributed by atoms with E-state index in [0.717, 1.165) is 0 Å². The van der Waals surface area contributed by atoms with E-state index in [1.807, 2.05) is 0 Å². The van der Waals surface area contributed by atoms with Gasteiger partial charge in [-0.15, -0.1) is 0 Å². The van der Waals surface area contributed by atoms with Crippen LogP contribution >= 0.6 is 12.6 Å². The molecule has 0 saturated heterocycles. The van der Waals surface area contributed by atoms with E-state index in [0.29, 0.717) is 17.7 Å². The number of benzene rings is 1. The van der Waals surface area contributed by atoms with Gasteiger partial charge in [-0.3, -0.25) is 4.79 Å². The lowest BCUT2D eigenvalue weighted by Gasteiger charge is -1.99. The molecule has 2 nitrogen and oxygen atoms in total. The Labute approximate surface area is 98.9 Å². The summed E-state index contributed by atoms with van der Waals surface area (Å²) in [5, 5.41) is 8.60. The molecule has 0 radical (unpaired) electrons. The van der Waals surface area contributed by atoms with Crippen molar-refractivity contribution < 1.29 is 14.3 Å². The average Bonchev–Trinajstić information content (AvgIpc) is 2.22. The summed E-state index contributed by atoms with van der Waals surface area (Å²) in [6, 6.07) is 4.16. The molecule has 1 N–H and O–H groups in total. The quantitative estimate of drug-likeness (QED) is 0.625. The SMILES string of the molecule is O=C(O)Cc1ccc(F)c(C#CCCS)c1. The Hall–Kier alpha value is -1.47. The molecule has 1 aromatic carbocycles. The van der Waals surface area contributed by atoms with E-state index in [1.165, 1.54) is 18.2 Å². The summed E-state index contributed by atoms with van der Waals surface area (Å²) in [4.78, 5) is 10.5. The second-order valence-corrected chi connectivity index (χ2v) is 3.61. The molecular formula is C12H11FO2S. The van der Waals surface area contributed by atoms with Crippen molar-refractivity contribution in [1.29, 1.82) is 0 Å². The highest BCUT2D eigenvalue weighted by atomic mass is 32.1. The minimum atomic E-state index is -0.944. The summed E-state index contributed by atoms with van der Waals surface area (Å²) in [5.74, 6) is 4.66. The van der Waals surface area contributed by atoms with Gasteiger partial charge in [0.2, 0.25) is 0 Å². The molecule has 0 amide bonds. The topological polar surface area (TPSA) is 37.3 Å². The third-order valence-corrected chi connectivity index (χ3v) is 2.07. The summed E-state index contributed by atoms with van der Waals surface area (Å²) in [6.45, 7) is 0. The van der Waals surface area contributed by atoms with Crippen LogP contribution in [0.1, 0.15) is 17.5 Å². The lowest BCUT2D eigenvalue weighted by molar-refractivity contribution is -0.136. The molecular weight excluding hydrogens is 227 g/mol. The van der Waals surface area contributed by atoms with Crippen LogP contribution in [-0.4, -0.2) is 16.8 Å². The van der Waals surface area contributed by atoms with Gasteiger partial charge in [0.1, 0.15) is 5.82 Å². The zero-order valence-electron chi connectivity index (χ0n) is 8.53. The molecule has 1 rings (SSSR count). The largest absolute Gasteiger partial charge is 0.481 e. The van der Waals surface area contributed by atoms with Crippen LogP contribution in [0.5, 0.6) is 0 Å². The standard InChI is InChI=1S/C12H11FO2S/c13-11-5-4-9(8-12(14)15)7-10(11)3-1-2-6-16/h4-5,7,16H,2,6,8H2,(H,14,15). The summed E-state index contributed by atoms with van der Waals surface area (Å²) < 4.78 is 13.3. The fourth-order valence-corrected chi connectivity index (χ4v) is 1.28. The van der Waals surface area contributed by atoms with E-state index in [2.05, 4.69) is 24.5 Å². The molecule has 0 saturated carbocycles. The molecule has 4 heteroatoms. The maximum Gasteiger partial charge on any atom is 0.307 e. The number of rotatable bonds is 3. The fraction of sp³-hybridized carbons (Fsp3) is 0.250. The van der Waals surface area contributed by atoms with Crippen LogP contribution in [0.4, 0.5) is 4.39 Å². The molecule has 0 fully saturated rings. The number of carboxylic acids is 1. The van der Waals surface area contributed by atoms with E-state index in [4.69, 9.17) is 5.11 Å². The lowest BCUT2D eigenvalue weighted by atomic mass is 10.1. The van der Waals surface area contributed by atoms with Crippen molar-refractivity contribution >= 4 is 18.6 Å². The number of hydrogen-bond acceptors (Lipinski definition) is 2. The Morgan fingerprint density at radius 2 is 2.25 bits per heavy atom. The first-order chi connectivity index (χ1) is 7.63. The molecule has 0 heterocycles. The maximum absolute atomic E-state index is 13.3. The number of aliphatic carboxylic acids is 1. The highest BCUT2D eigenvalue weighted by Crippen LogP contribution is 2.10. The van der Waals surface area contributed by atoms with Crippen molar-refractivity contribution in [3.8, 4) is 11.8 Å². The van der Waals surface area contributed by atoms with Gasteiger partial charge >= 0.3 is 5.97 Å². The molecule has 0 atom stereocenters. The smallest absolute Gasteiger partial charge is 0.307 e. The third kappa shape index (κ3) is 3.95. The van der Waals surface area contributed by atoms with Crippen LogP contribution < -0.4 is 0 Å². The van der Waals surface area contributed by atoms with Gasteiger partial charge in [-0.05, 0) is 17.7 Å². The van der Waals surface area contributed by atoms with Gasteiger partial charge in [-0.2, -0.15) is 12.6 Å². The highest BCUT2D eigenvalue weighted by Gasteiger charge is 2.04. The van der Waals surface area contributed by atoms with Crippen molar-refractivity contribution in [3.63, 3.8) is 0 Å². The second-order valence-electron chi connectivity index (χ2n) is 3.16. The molecule has 0 spiro atoms. The Morgan fingerprint density at radius 3 is 2.88 bits per heavy atom. The zero-order valence-corrected chi connectivity index (χ0v) is 9.43. The van der Waals surface area contributed by atoms with Gasteiger partial charge in [0.15, 0.2) is 0 Å². The first-order valence-corrected chi connectivity index (χ1v) is 5.36. The van der Waals surface area contributed by atoms with Crippen LogP contribution in [0, 0.1) is 17.7 Å². The first-order valence-electron chi connectivity index (χ1n) is 4.73. The number of carboxylic acid groups (broad SMARTS) is 1. The van der Waals surface area contributed by atoms with Gasteiger partial charge in [-0.1, -0.05) is 17.9 Å². The van der Waals surface area contributed by atoms with E-state index in [1.54, 1.807) is 0 Å². The van der Waals surface area contributed by atoms with Crippen LogP contribution in [-0.2, 0) is 11.2 Å². The predicted octanol–water partition coefficient (Wildman–Crippen LogP) is 2.12. The predicted molar refractivity (Wildman–Crippen MR) is 63.1 cm³/mol. The normalized spacial score (nSPS) is 9.38. The van der Waals surface area contributed by atoms with Crippen molar-refractivity contribution in [1.82, 2.24) is 0 Å². The van der Waals surface area contributed by atoms with E-state index >= 15 is 0 Å². The zero-order chi connectivity index (χ0) is 12.0. The van der Waals surface area contributed by atoms with Crippen molar-refractivity contribution in [2.75, 3.05) is 5.75 Å². The van der Waals surface area contributed by atoms with Gasteiger partial charge < -0.3 is 5.11 Å². The lowest BCUT2D eigenvalue weighted by Crippen LogP contribution is -2.00. The summed E-state index contributed by atoms with van der Waals surface area (Å²) >= 11 is 3.98. The van der Waals surface area contributed by atoms with Gasteiger partial charge in [0.25, 0.3) is 0 Å². The highest BCUT2D eigenvalue weighted by molar-refractivity contribution is 7.80. The average molecular weight is 238 g/mol. The molecule has 0 aromatic heterocycles. The van der Waals surface area contributed by atoms with Gasteiger partial charge in [0.05, 0.1) is 12.0 Å². The minimum absolute atomic E-state index is 0.123. The molecule has 16 heavy (non-hydrogen) atoms. The molecule has 1 aromatic rings. The van der Waals surface area contributed by atoms with Crippen molar-refractivity contribution in [3.05, 3.63) is 35.1 Å². The van der Waals surface area contributed by atoms with E-state index < -0.39 is 11.8 Å². The second kappa shape index (κ2) is 6.19. The number of halogens is 1. The monoisotopic (exact) mass is 238 g/mol. The van der Waals surface area contributed by atoms with Gasteiger partial charge in [0, 0.05) is 12.2 Å². The molecule has 0 aliphatic heterocycles. The van der Waals surface area contributed by atoms with E-state index in [-0.39, 0.29) is 12.0 Å². The van der Waals surface area contributed by atoms with Gasteiger partial charge in [-0.25, -0.2) is 4.39 Å². The Morgan fingerprint density at radius 1 is 1.50 bits per heavy atom. The molecule has 0 unspecified atom stereocenters. The van der Waals surface area contributed by atoms with E-state index in [9.17, 15) is 9.18 Å². The summed E-state index contributed by atoms with van der Waals surface area (Å²) in [7, 11) is 0. The number of carbonyl (C=O) groups is 1. The Bertz CT molecular complexity index is 446. The number of hydrogen-bond donors (Lipinski definition) is 2. The van der Waals surface area contributed by atoms with Crippen LogP contribution in [0.2, 0.25) is 0 Å². The van der Waals surface area contributed by atoms with Crippen LogP contribution in [0.3, 0.4) is 0 Å². The summed E-state index contributed by atoms with van der Waals surface area (Å²) in [6.07, 6.45) is 0.452. The number of thiol groups is 1. The molecule has 84 valence electrons. The van der Waals surface area contributed by atoms with Crippen LogP contribution in [0.15, 0.2) is 18.2 Å². The molecule has 0 bridgehead atoms. The maximum atomic E-state index is 13.3.